The zero-order valence-corrected chi connectivity index (χ0v) is 13.7. The molecule has 6 heteroatoms. The van der Waals surface area contributed by atoms with E-state index in [0.29, 0.717) is 13.1 Å². The fourth-order valence-electron chi connectivity index (χ4n) is 2.41. The van der Waals surface area contributed by atoms with E-state index < -0.39 is 11.9 Å². The summed E-state index contributed by atoms with van der Waals surface area (Å²) in [5.41, 5.74) is 2.07. The summed E-state index contributed by atoms with van der Waals surface area (Å²) in [6.45, 7) is 1.26. The molecule has 0 saturated heterocycles. The number of phenols is 1. The van der Waals surface area contributed by atoms with Crippen molar-refractivity contribution in [1.29, 1.82) is 0 Å². The van der Waals surface area contributed by atoms with Gasteiger partial charge in [-0.3, -0.25) is 0 Å². The van der Waals surface area contributed by atoms with Gasteiger partial charge in [-0.1, -0.05) is 42.5 Å². The summed E-state index contributed by atoms with van der Waals surface area (Å²) in [5.74, 6) is -2.73. The Morgan fingerprint density at radius 1 is 1.04 bits per heavy atom. The fourth-order valence-corrected chi connectivity index (χ4v) is 2.41. The standard InChI is InChI=1S/C19H21NO5/c21-17-8-6-14(7-9-17)10-11-20-12-16(13-25-19(24)18(22)23)15-4-2-1-3-5-15/h1-9,16,20-21H,10-13H2,(H,22,23). The highest BCUT2D eigenvalue weighted by atomic mass is 16.6. The Labute approximate surface area is 146 Å². The first-order valence-corrected chi connectivity index (χ1v) is 8.00. The molecular formula is C19H21NO5. The van der Waals surface area contributed by atoms with Crippen LogP contribution >= 0.6 is 0 Å². The monoisotopic (exact) mass is 343 g/mol. The topological polar surface area (TPSA) is 95.9 Å². The maximum absolute atomic E-state index is 11.2. The minimum Gasteiger partial charge on any atom is -0.508 e. The molecule has 0 amide bonds. The lowest BCUT2D eigenvalue weighted by molar-refractivity contribution is -0.164. The molecule has 2 aromatic carbocycles. The molecule has 25 heavy (non-hydrogen) atoms. The van der Waals surface area contributed by atoms with E-state index in [-0.39, 0.29) is 18.3 Å². The van der Waals surface area contributed by atoms with Crippen molar-refractivity contribution in [3.63, 3.8) is 0 Å². The summed E-state index contributed by atoms with van der Waals surface area (Å²) in [6.07, 6.45) is 0.788. The van der Waals surface area contributed by atoms with Crippen molar-refractivity contribution >= 4 is 11.9 Å². The number of ether oxygens (including phenoxy) is 1. The van der Waals surface area contributed by atoms with E-state index >= 15 is 0 Å². The lowest BCUT2D eigenvalue weighted by Gasteiger charge is -2.18. The van der Waals surface area contributed by atoms with E-state index in [1.165, 1.54) is 0 Å². The van der Waals surface area contributed by atoms with E-state index in [1.807, 2.05) is 42.5 Å². The number of aromatic hydroxyl groups is 1. The fraction of sp³-hybridized carbons (Fsp3) is 0.263. The second kappa shape index (κ2) is 9.44. The van der Waals surface area contributed by atoms with Crippen LogP contribution in [0, 0.1) is 0 Å². The van der Waals surface area contributed by atoms with Crippen LogP contribution in [0.3, 0.4) is 0 Å². The molecule has 0 bridgehead atoms. The number of benzene rings is 2. The summed E-state index contributed by atoms with van der Waals surface area (Å²) in [6, 6.07) is 16.5. The third kappa shape index (κ3) is 6.27. The van der Waals surface area contributed by atoms with Gasteiger partial charge < -0.3 is 20.3 Å². The molecule has 0 saturated carbocycles. The predicted molar refractivity (Wildman–Crippen MR) is 92.5 cm³/mol. The number of hydrogen-bond acceptors (Lipinski definition) is 5. The average molecular weight is 343 g/mol. The van der Waals surface area contributed by atoms with Crippen LogP contribution < -0.4 is 5.32 Å². The van der Waals surface area contributed by atoms with Crippen LogP contribution in [0.4, 0.5) is 0 Å². The van der Waals surface area contributed by atoms with Crippen LogP contribution in [-0.2, 0) is 20.7 Å². The van der Waals surface area contributed by atoms with Crippen molar-refractivity contribution in [2.24, 2.45) is 0 Å². The summed E-state index contributed by atoms with van der Waals surface area (Å²) < 4.78 is 4.84. The van der Waals surface area contributed by atoms with Crippen LogP contribution in [0.25, 0.3) is 0 Å². The number of carbonyl (C=O) groups excluding carboxylic acids is 1. The zero-order valence-electron chi connectivity index (χ0n) is 13.7. The van der Waals surface area contributed by atoms with E-state index in [1.54, 1.807) is 12.1 Å². The molecule has 0 fully saturated rings. The van der Waals surface area contributed by atoms with Gasteiger partial charge in [0.25, 0.3) is 0 Å². The van der Waals surface area contributed by atoms with E-state index in [0.717, 1.165) is 17.5 Å². The molecule has 2 rings (SSSR count). The minimum atomic E-state index is -1.59. The second-order valence-electron chi connectivity index (χ2n) is 5.63. The van der Waals surface area contributed by atoms with Gasteiger partial charge in [-0.05, 0) is 36.2 Å². The number of hydrogen-bond donors (Lipinski definition) is 3. The molecule has 6 nitrogen and oxygen atoms in total. The van der Waals surface area contributed by atoms with Gasteiger partial charge in [0.15, 0.2) is 0 Å². The van der Waals surface area contributed by atoms with Crippen LogP contribution in [-0.4, -0.2) is 41.8 Å². The van der Waals surface area contributed by atoms with Crippen molar-refractivity contribution in [2.45, 2.75) is 12.3 Å². The van der Waals surface area contributed by atoms with Crippen molar-refractivity contribution in [2.75, 3.05) is 19.7 Å². The van der Waals surface area contributed by atoms with Gasteiger partial charge in [0.2, 0.25) is 0 Å². The molecule has 2 aromatic rings. The molecule has 0 heterocycles. The first-order chi connectivity index (χ1) is 12.1. The number of aliphatic carboxylic acids is 1. The lowest BCUT2D eigenvalue weighted by atomic mass is 10.00. The highest BCUT2D eigenvalue weighted by Crippen LogP contribution is 2.15. The number of carboxylic acid groups (broad SMARTS) is 1. The minimum absolute atomic E-state index is 0.00135. The Kier molecular flexibility index (Phi) is 6.98. The number of nitrogens with one attached hydrogen (secondary N) is 1. The average Bonchev–Trinajstić information content (AvgIpc) is 2.63. The van der Waals surface area contributed by atoms with Gasteiger partial charge in [0, 0.05) is 12.5 Å². The van der Waals surface area contributed by atoms with Crippen molar-refractivity contribution in [1.82, 2.24) is 5.32 Å². The molecule has 0 aromatic heterocycles. The molecule has 1 atom stereocenters. The molecule has 0 radical (unpaired) electrons. The lowest BCUT2D eigenvalue weighted by Crippen LogP contribution is -2.28. The van der Waals surface area contributed by atoms with Gasteiger partial charge in [0.1, 0.15) is 5.75 Å². The third-order valence-corrected chi connectivity index (χ3v) is 3.78. The molecule has 132 valence electrons. The van der Waals surface area contributed by atoms with E-state index in [2.05, 4.69) is 5.32 Å². The Hall–Kier alpha value is -2.86. The SMILES string of the molecule is O=C(O)C(=O)OCC(CNCCc1ccc(O)cc1)c1ccccc1. The molecule has 0 spiro atoms. The Morgan fingerprint density at radius 3 is 2.36 bits per heavy atom. The normalized spacial score (nSPS) is 11.7. The molecular weight excluding hydrogens is 322 g/mol. The second-order valence-corrected chi connectivity index (χ2v) is 5.63. The number of carboxylic acids is 1. The maximum Gasteiger partial charge on any atom is 0.417 e. The van der Waals surface area contributed by atoms with Crippen molar-refractivity contribution < 1.29 is 24.5 Å². The quantitative estimate of drug-likeness (QED) is 0.385. The zero-order chi connectivity index (χ0) is 18.1. The third-order valence-electron chi connectivity index (χ3n) is 3.78. The number of esters is 1. The maximum atomic E-state index is 11.2. The van der Waals surface area contributed by atoms with E-state index in [9.17, 15) is 14.7 Å². The summed E-state index contributed by atoms with van der Waals surface area (Å²) in [5, 5.41) is 21.2. The molecule has 0 aliphatic rings. The van der Waals surface area contributed by atoms with Gasteiger partial charge in [-0.15, -0.1) is 0 Å². The molecule has 0 aliphatic carbocycles. The highest BCUT2D eigenvalue weighted by molar-refractivity contribution is 6.28. The van der Waals surface area contributed by atoms with Gasteiger partial charge >= 0.3 is 11.9 Å². The molecule has 0 aliphatic heterocycles. The van der Waals surface area contributed by atoms with E-state index in [4.69, 9.17) is 9.84 Å². The highest BCUT2D eigenvalue weighted by Gasteiger charge is 2.18. The first-order valence-electron chi connectivity index (χ1n) is 8.00. The Bertz CT molecular complexity index is 685. The largest absolute Gasteiger partial charge is 0.508 e. The van der Waals surface area contributed by atoms with Gasteiger partial charge in [0.05, 0.1) is 6.61 Å². The number of phenolic OH excluding ortho intramolecular Hbond substituents is 1. The Morgan fingerprint density at radius 2 is 1.72 bits per heavy atom. The smallest absolute Gasteiger partial charge is 0.417 e. The molecule has 1 unspecified atom stereocenters. The van der Waals surface area contributed by atoms with Crippen LogP contribution in [0.2, 0.25) is 0 Å². The number of carbonyl (C=O) groups is 2. The summed E-state index contributed by atoms with van der Waals surface area (Å²) in [7, 11) is 0. The van der Waals surface area contributed by atoms with Crippen LogP contribution in [0.15, 0.2) is 54.6 Å². The number of rotatable bonds is 8. The predicted octanol–water partition coefficient (Wildman–Crippen LogP) is 1.94. The molecule has 3 N–H and O–H groups in total. The van der Waals surface area contributed by atoms with Gasteiger partial charge in [-0.25, -0.2) is 9.59 Å². The van der Waals surface area contributed by atoms with Crippen LogP contribution in [0.1, 0.15) is 17.0 Å². The first kappa shape index (κ1) is 18.5. The summed E-state index contributed by atoms with van der Waals surface area (Å²) >= 11 is 0. The van der Waals surface area contributed by atoms with Gasteiger partial charge in [-0.2, -0.15) is 0 Å². The van der Waals surface area contributed by atoms with Crippen LogP contribution in [0.5, 0.6) is 5.75 Å². The Balaban J connectivity index is 1.86. The van der Waals surface area contributed by atoms with Crippen molar-refractivity contribution in [3.8, 4) is 5.75 Å². The summed E-state index contributed by atoms with van der Waals surface area (Å²) in [4.78, 5) is 21.7. The van der Waals surface area contributed by atoms with Crippen molar-refractivity contribution in [3.05, 3.63) is 65.7 Å².